The molecule has 0 aliphatic carbocycles. The minimum Gasteiger partial charge on any atom is -0.301 e. The van der Waals surface area contributed by atoms with Crippen molar-refractivity contribution in [2.75, 3.05) is 0 Å². The Labute approximate surface area is 89.5 Å². The van der Waals surface area contributed by atoms with Crippen molar-refractivity contribution in [2.45, 2.75) is 44.8 Å². The summed E-state index contributed by atoms with van der Waals surface area (Å²) in [6, 6.07) is 0. The molecule has 0 bridgehead atoms. The SMILES string of the molecule is CCCCc1nnc(S(N)(=O)=O)n1CC. The second-order valence-electron chi connectivity index (χ2n) is 3.29. The smallest absolute Gasteiger partial charge is 0.273 e. The Balaban J connectivity index is 3.06. The van der Waals surface area contributed by atoms with Gasteiger partial charge in [-0.2, -0.15) is 0 Å². The molecule has 1 aromatic rings. The zero-order valence-electron chi connectivity index (χ0n) is 8.97. The monoisotopic (exact) mass is 232 g/mol. The Morgan fingerprint density at radius 3 is 2.47 bits per heavy atom. The second-order valence-corrected chi connectivity index (χ2v) is 4.75. The van der Waals surface area contributed by atoms with Gasteiger partial charge in [0.25, 0.3) is 15.2 Å². The normalized spacial score (nSPS) is 11.9. The number of aromatic nitrogens is 3. The Kier molecular flexibility index (Phi) is 3.81. The molecule has 0 aromatic carbocycles. The van der Waals surface area contributed by atoms with Gasteiger partial charge in [-0.1, -0.05) is 13.3 Å². The van der Waals surface area contributed by atoms with E-state index in [1.54, 1.807) is 4.57 Å². The molecule has 86 valence electrons. The molecule has 1 aromatic heterocycles. The van der Waals surface area contributed by atoms with Crippen molar-refractivity contribution < 1.29 is 8.42 Å². The van der Waals surface area contributed by atoms with E-state index in [4.69, 9.17) is 5.14 Å². The molecule has 0 atom stereocenters. The van der Waals surface area contributed by atoms with Crippen molar-refractivity contribution in [2.24, 2.45) is 5.14 Å². The summed E-state index contributed by atoms with van der Waals surface area (Å²) in [6.07, 6.45) is 2.72. The molecule has 0 aliphatic rings. The second kappa shape index (κ2) is 4.71. The Morgan fingerprint density at radius 2 is 2.00 bits per heavy atom. The van der Waals surface area contributed by atoms with E-state index in [-0.39, 0.29) is 5.16 Å². The number of primary sulfonamides is 1. The highest BCUT2D eigenvalue weighted by molar-refractivity contribution is 7.89. The number of aryl methyl sites for hydroxylation is 1. The van der Waals surface area contributed by atoms with Gasteiger partial charge in [0, 0.05) is 13.0 Å². The van der Waals surface area contributed by atoms with Crippen molar-refractivity contribution in [3.63, 3.8) is 0 Å². The van der Waals surface area contributed by atoms with Crippen LogP contribution in [0.1, 0.15) is 32.5 Å². The van der Waals surface area contributed by atoms with Gasteiger partial charge in [-0.3, -0.25) is 0 Å². The third-order valence-electron chi connectivity index (χ3n) is 2.12. The van der Waals surface area contributed by atoms with Crippen molar-refractivity contribution in [3.05, 3.63) is 5.82 Å². The molecule has 7 heteroatoms. The topological polar surface area (TPSA) is 90.9 Å². The summed E-state index contributed by atoms with van der Waals surface area (Å²) in [4.78, 5) is 0. The van der Waals surface area contributed by atoms with E-state index >= 15 is 0 Å². The van der Waals surface area contributed by atoms with Crippen LogP contribution in [0.15, 0.2) is 5.16 Å². The first kappa shape index (κ1) is 12.1. The van der Waals surface area contributed by atoms with Crippen molar-refractivity contribution in [1.82, 2.24) is 14.8 Å². The van der Waals surface area contributed by atoms with E-state index < -0.39 is 10.0 Å². The van der Waals surface area contributed by atoms with E-state index in [9.17, 15) is 8.42 Å². The number of nitrogens with two attached hydrogens (primary N) is 1. The first-order valence-electron chi connectivity index (χ1n) is 4.95. The molecule has 6 nitrogen and oxygen atoms in total. The van der Waals surface area contributed by atoms with Crippen LogP contribution in [0.4, 0.5) is 0 Å². The van der Waals surface area contributed by atoms with Crippen molar-refractivity contribution in [3.8, 4) is 0 Å². The molecule has 2 N–H and O–H groups in total. The fraction of sp³-hybridized carbons (Fsp3) is 0.750. The number of hydrogen-bond acceptors (Lipinski definition) is 4. The molecular weight excluding hydrogens is 216 g/mol. The molecule has 0 radical (unpaired) electrons. The van der Waals surface area contributed by atoms with E-state index in [1.165, 1.54) is 0 Å². The van der Waals surface area contributed by atoms with Crippen LogP contribution >= 0.6 is 0 Å². The highest BCUT2D eigenvalue weighted by Crippen LogP contribution is 2.09. The predicted octanol–water partition coefficient (Wildman–Crippen LogP) is 0.288. The van der Waals surface area contributed by atoms with Gasteiger partial charge >= 0.3 is 0 Å². The first-order chi connectivity index (χ1) is 7.00. The maximum atomic E-state index is 11.2. The zero-order chi connectivity index (χ0) is 11.5. The quantitative estimate of drug-likeness (QED) is 0.789. The van der Waals surface area contributed by atoms with Crippen LogP contribution in [0.5, 0.6) is 0 Å². The van der Waals surface area contributed by atoms with E-state index in [0.717, 1.165) is 19.3 Å². The molecule has 0 fully saturated rings. The largest absolute Gasteiger partial charge is 0.301 e. The standard InChI is InChI=1S/C8H16N4O2S/c1-3-5-6-7-10-11-8(12(7)4-2)15(9,13)14/h3-6H2,1-2H3,(H2,9,13,14). The van der Waals surface area contributed by atoms with Crippen LogP contribution in [-0.2, 0) is 23.0 Å². The lowest BCUT2D eigenvalue weighted by molar-refractivity contribution is 0.561. The van der Waals surface area contributed by atoms with E-state index in [2.05, 4.69) is 17.1 Å². The Morgan fingerprint density at radius 1 is 1.33 bits per heavy atom. The summed E-state index contributed by atoms with van der Waals surface area (Å²) in [5.41, 5.74) is 0. The third kappa shape index (κ3) is 2.75. The van der Waals surface area contributed by atoms with Gasteiger partial charge in [0.2, 0.25) is 0 Å². The van der Waals surface area contributed by atoms with Gasteiger partial charge in [0.15, 0.2) is 0 Å². The summed E-state index contributed by atoms with van der Waals surface area (Å²) in [7, 11) is -3.76. The molecule has 0 aliphatic heterocycles. The molecule has 0 unspecified atom stereocenters. The molecule has 0 spiro atoms. The molecular formula is C8H16N4O2S. The maximum absolute atomic E-state index is 11.2. The van der Waals surface area contributed by atoms with Crippen LogP contribution in [0, 0.1) is 0 Å². The Hall–Kier alpha value is -0.950. The number of unbranched alkanes of at least 4 members (excludes halogenated alkanes) is 1. The van der Waals surface area contributed by atoms with Gasteiger partial charge in [0.1, 0.15) is 5.82 Å². The summed E-state index contributed by atoms with van der Waals surface area (Å²) >= 11 is 0. The summed E-state index contributed by atoms with van der Waals surface area (Å²) in [6.45, 7) is 4.42. The molecule has 0 saturated heterocycles. The van der Waals surface area contributed by atoms with E-state index in [1.807, 2.05) is 6.92 Å². The molecule has 1 heterocycles. The van der Waals surface area contributed by atoms with Gasteiger partial charge in [-0.15, -0.1) is 10.2 Å². The van der Waals surface area contributed by atoms with Gasteiger partial charge in [-0.05, 0) is 13.3 Å². The van der Waals surface area contributed by atoms with Crippen LogP contribution in [0.2, 0.25) is 0 Å². The number of rotatable bonds is 5. The average Bonchev–Trinajstić information content (AvgIpc) is 2.56. The fourth-order valence-corrected chi connectivity index (χ4v) is 2.06. The van der Waals surface area contributed by atoms with Crippen molar-refractivity contribution >= 4 is 10.0 Å². The zero-order valence-corrected chi connectivity index (χ0v) is 9.79. The highest BCUT2D eigenvalue weighted by Gasteiger charge is 2.19. The lowest BCUT2D eigenvalue weighted by Gasteiger charge is -2.04. The van der Waals surface area contributed by atoms with Gasteiger partial charge in [0.05, 0.1) is 0 Å². The molecule has 0 amide bonds. The van der Waals surface area contributed by atoms with Crippen LogP contribution < -0.4 is 5.14 Å². The lowest BCUT2D eigenvalue weighted by Crippen LogP contribution is -2.19. The van der Waals surface area contributed by atoms with Gasteiger partial charge < -0.3 is 4.57 Å². The number of hydrogen-bond donors (Lipinski definition) is 1. The fourth-order valence-electron chi connectivity index (χ4n) is 1.37. The third-order valence-corrected chi connectivity index (χ3v) is 2.93. The predicted molar refractivity (Wildman–Crippen MR) is 55.7 cm³/mol. The van der Waals surface area contributed by atoms with Crippen LogP contribution in [-0.4, -0.2) is 23.2 Å². The molecule has 1 rings (SSSR count). The summed E-state index contributed by atoms with van der Waals surface area (Å²) in [5.74, 6) is 0.684. The lowest BCUT2D eigenvalue weighted by atomic mass is 10.2. The number of sulfonamides is 1. The summed E-state index contributed by atoms with van der Waals surface area (Å²) in [5, 5.41) is 12.3. The van der Waals surface area contributed by atoms with Gasteiger partial charge in [-0.25, -0.2) is 13.6 Å². The molecule has 0 saturated carbocycles. The first-order valence-corrected chi connectivity index (χ1v) is 6.50. The molecule has 15 heavy (non-hydrogen) atoms. The van der Waals surface area contributed by atoms with E-state index in [0.29, 0.717) is 12.4 Å². The summed E-state index contributed by atoms with van der Waals surface area (Å²) < 4.78 is 23.9. The van der Waals surface area contributed by atoms with Crippen molar-refractivity contribution in [1.29, 1.82) is 0 Å². The average molecular weight is 232 g/mol. The maximum Gasteiger partial charge on any atom is 0.273 e. The minimum atomic E-state index is -3.76. The Bertz CT molecular complexity index is 424. The number of nitrogens with zero attached hydrogens (tertiary/aromatic N) is 3. The highest BCUT2D eigenvalue weighted by atomic mass is 32.2. The van der Waals surface area contributed by atoms with Crippen LogP contribution in [0.3, 0.4) is 0 Å². The minimum absolute atomic E-state index is 0.142. The van der Waals surface area contributed by atoms with Crippen LogP contribution in [0.25, 0.3) is 0 Å².